The normalized spacial score (nSPS) is 27.9. The molecule has 3 atom stereocenters. The summed E-state index contributed by atoms with van der Waals surface area (Å²) in [5, 5.41) is 2.83. The molecular formula is C10H20FN3O2. The Kier molecular flexibility index (Phi) is 5.11. The zero-order chi connectivity index (χ0) is 12.1. The zero-order valence-electron chi connectivity index (χ0n) is 9.78. The second kappa shape index (κ2) is 6.12. The van der Waals surface area contributed by atoms with Gasteiger partial charge in [0.25, 0.3) is 0 Å². The van der Waals surface area contributed by atoms with E-state index in [4.69, 9.17) is 10.5 Å². The average molecular weight is 233 g/mol. The standard InChI is InChI=1S/C10H20FN3O2/c1-13-5-8(12)10(15)14-4-3-9(16-2)7(11)6-14/h7-9,13H,3-6,12H2,1-2H3/t7-,8?,9+/m1/s1. The minimum Gasteiger partial charge on any atom is -0.378 e. The van der Waals surface area contributed by atoms with Crippen LogP contribution in [0.4, 0.5) is 4.39 Å². The van der Waals surface area contributed by atoms with Crippen LogP contribution in [0.25, 0.3) is 0 Å². The average Bonchev–Trinajstić information content (AvgIpc) is 2.28. The van der Waals surface area contributed by atoms with Crippen LogP contribution in [-0.4, -0.2) is 62.9 Å². The molecule has 0 aromatic rings. The number of carbonyl (C=O) groups is 1. The van der Waals surface area contributed by atoms with Gasteiger partial charge in [0.15, 0.2) is 0 Å². The SMILES string of the molecule is CNCC(N)C(=O)N1CC[C@H](OC)[C@H](F)C1. The Morgan fingerprint density at radius 2 is 2.44 bits per heavy atom. The highest BCUT2D eigenvalue weighted by atomic mass is 19.1. The van der Waals surface area contributed by atoms with E-state index in [-0.39, 0.29) is 12.5 Å². The molecule has 1 aliphatic heterocycles. The largest absolute Gasteiger partial charge is 0.378 e. The maximum Gasteiger partial charge on any atom is 0.240 e. The summed E-state index contributed by atoms with van der Waals surface area (Å²) in [4.78, 5) is 13.3. The quantitative estimate of drug-likeness (QED) is 0.661. The number of alkyl halides is 1. The van der Waals surface area contributed by atoms with E-state index in [0.29, 0.717) is 19.5 Å². The van der Waals surface area contributed by atoms with Gasteiger partial charge in [0, 0.05) is 20.2 Å². The number of nitrogens with one attached hydrogen (secondary N) is 1. The van der Waals surface area contributed by atoms with Gasteiger partial charge in [0.05, 0.1) is 18.7 Å². The number of piperidine rings is 1. The number of likely N-dealkylation sites (N-methyl/N-ethyl adjacent to an activating group) is 1. The van der Waals surface area contributed by atoms with Crippen molar-refractivity contribution in [3.8, 4) is 0 Å². The topological polar surface area (TPSA) is 67.6 Å². The van der Waals surface area contributed by atoms with Crippen LogP contribution in [0.5, 0.6) is 0 Å². The summed E-state index contributed by atoms with van der Waals surface area (Å²) >= 11 is 0. The molecule has 6 heteroatoms. The predicted octanol–water partition coefficient (Wildman–Crippen LogP) is -0.881. The maximum absolute atomic E-state index is 13.5. The lowest BCUT2D eigenvalue weighted by atomic mass is 10.0. The van der Waals surface area contributed by atoms with Crippen molar-refractivity contribution in [2.45, 2.75) is 24.7 Å². The molecule has 1 fully saturated rings. The lowest BCUT2D eigenvalue weighted by molar-refractivity contribution is -0.137. The molecule has 0 bridgehead atoms. The summed E-state index contributed by atoms with van der Waals surface area (Å²) in [6.07, 6.45) is -0.996. The second-order valence-electron chi connectivity index (χ2n) is 4.03. The Balaban J connectivity index is 2.47. The first kappa shape index (κ1) is 13.3. The molecule has 0 aromatic carbocycles. The molecule has 0 saturated carbocycles. The second-order valence-corrected chi connectivity index (χ2v) is 4.03. The van der Waals surface area contributed by atoms with Gasteiger partial charge < -0.3 is 20.7 Å². The third-order valence-corrected chi connectivity index (χ3v) is 2.84. The van der Waals surface area contributed by atoms with Crippen molar-refractivity contribution in [1.29, 1.82) is 0 Å². The van der Waals surface area contributed by atoms with E-state index in [2.05, 4.69) is 5.32 Å². The summed E-state index contributed by atoms with van der Waals surface area (Å²) in [5.74, 6) is -0.202. The Morgan fingerprint density at radius 1 is 1.75 bits per heavy atom. The summed E-state index contributed by atoms with van der Waals surface area (Å²) in [6, 6.07) is -0.601. The van der Waals surface area contributed by atoms with Gasteiger partial charge in [-0.1, -0.05) is 0 Å². The fourth-order valence-corrected chi connectivity index (χ4v) is 1.89. The Labute approximate surface area is 95.1 Å². The van der Waals surface area contributed by atoms with Gasteiger partial charge in [-0.15, -0.1) is 0 Å². The third kappa shape index (κ3) is 3.13. The maximum atomic E-state index is 13.5. The first-order valence-electron chi connectivity index (χ1n) is 5.46. The molecule has 16 heavy (non-hydrogen) atoms. The molecular weight excluding hydrogens is 213 g/mol. The predicted molar refractivity (Wildman–Crippen MR) is 58.8 cm³/mol. The molecule has 94 valence electrons. The van der Waals surface area contributed by atoms with E-state index in [1.54, 1.807) is 7.05 Å². The lowest BCUT2D eigenvalue weighted by Gasteiger charge is -2.35. The molecule has 3 N–H and O–H groups in total. The van der Waals surface area contributed by atoms with Crippen LogP contribution < -0.4 is 11.1 Å². The number of rotatable bonds is 4. The molecule has 0 spiro atoms. The van der Waals surface area contributed by atoms with Gasteiger partial charge in [-0.3, -0.25) is 4.79 Å². The van der Waals surface area contributed by atoms with Crippen molar-refractivity contribution < 1.29 is 13.9 Å². The van der Waals surface area contributed by atoms with Crippen LogP contribution >= 0.6 is 0 Å². The van der Waals surface area contributed by atoms with E-state index < -0.39 is 18.3 Å². The number of nitrogens with two attached hydrogens (primary N) is 1. The van der Waals surface area contributed by atoms with Gasteiger partial charge in [0.1, 0.15) is 6.17 Å². The number of likely N-dealkylation sites (tertiary alicyclic amines) is 1. The molecule has 0 aromatic heterocycles. The van der Waals surface area contributed by atoms with Crippen LogP contribution in [-0.2, 0) is 9.53 Å². The number of nitrogens with zero attached hydrogens (tertiary/aromatic N) is 1. The van der Waals surface area contributed by atoms with E-state index in [9.17, 15) is 9.18 Å². The number of hydrogen-bond acceptors (Lipinski definition) is 4. The summed E-state index contributed by atoms with van der Waals surface area (Å²) in [6.45, 7) is 0.990. The smallest absolute Gasteiger partial charge is 0.240 e. The van der Waals surface area contributed by atoms with E-state index >= 15 is 0 Å². The Morgan fingerprint density at radius 3 is 2.94 bits per heavy atom. The van der Waals surface area contributed by atoms with Gasteiger partial charge in [-0.2, -0.15) is 0 Å². The first-order chi connectivity index (χ1) is 7.60. The zero-order valence-corrected chi connectivity index (χ0v) is 9.78. The van der Waals surface area contributed by atoms with E-state index in [1.165, 1.54) is 12.0 Å². The molecule has 5 nitrogen and oxygen atoms in total. The fraction of sp³-hybridized carbons (Fsp3) is 0.900. The van der Waals surface area contributed by atoms with Gasteiger partial charge in [0.2, 0.25) is 5.91 Å². The highest BCUT2D eigenvalue weighted by Gasteiger charge is 2.32. The molecule has 1 unspecified atom stereocenters. The Hall–Kier alpha value is -0.720. The molecule has 1 amide bonds. The van der Waals surface area contributed by atoms with Gasteiger partial charge in [-0.05, 0) is 13.5 Å². The number of hydrogen-bond donors (Lipinski definition) is 2. The van der Waals surface area contributed by atoms with Crippen LogP contribution in [0.15, 0.2) is 0 Å². The van der Waals surface area contributed by atoms with Crippen molar-refractivity contribution in [1.82, 2.24) is 10.2 Å². The van der Waals surface area contributed by atoms with Crippen LogP contribution in [0, 0.1) is 0 Å². The van der Waals surface area contributed by atoms with Crippen molar-refractivity contribution in [2.24, 2.45) is 5.73 Å². The van der Waals surface area contributed by atoms with Gasteiger partial charge in [-0.25, -0.2) is 4.39 Å². The van der Waals surface area contributed by atoms with Crippen LogP contribution in [0.2, 0.25) is 0 Å². The molecule has 1 saturated heterocycles. The van der Waals surface area contributed by atoms with Crippen LogP contribution in [0.3, 0.4) is 0 Å². The summed E-state index contributed by atoms with van der Waals surface area (Å²) < 4.78 is 18.5. The van der Waals surface area contributed by atoms with Gasteiger partial charge >= 0.3 is 0 Å². The monoisotopic (exact) mass is 233 g/mol. The number of halogens is 1. The molecule has 1 heterocycles. The lowest BCUT2D eigenvalue weighted by Crippen LogP contribution is -2.54. The Bertz CT molecular complexity index is 240. The molecule has 1 aliphatic rings. The first-order valence-corrected chi connectivity index (χ1v) is 5.46. The summed E-state index contributed by atoms with van der Waals surface area (Å²) in [5.41, 5.74) is 5.66. The molecule has 1 rings (SSSR count). The van der Waals surface area contributed by atoms with Crippen molar-refractivity contribution in [2.75, 3.05) is 33.8 Å². The fourth-order valence-electron chi connectivity index (χ4n) is 1.89. The molecule has 0 radical (unpaired) electrons. The van der Waals surface area contributed by atoms with Crippen molar-refractivity contribution in [3.63, 3.8) is 0 Å². The summed E-state index contributed by atoms with van der Waals surface area (Å²) in [7, 11) is 3.21. The highest BCUT2D eigenvalue weighted by Crippen LogP contribution is 2.17. The third-order valence-electron chi connectivity index (χ3n) is 2.84. The van der Waals surface area contributed by atoms with Crippen LogP contribution in [0.1, 0.15) is 6.42 Å². The number of methoxy groups -OCH3 is 1. The minimum atomic E-state index is -1.12. The minimum absolute atomic E-state index is 0.0781. The van der Waals surface area contributed by atoms with Crippen molar-refractivity contribution in [3.05, 3.63) is 0 Å². The number of carbonyl (C=O) groups excluding carboxylic acids is 1. The highest BCUT2D eigenvalue weighted by molar-refractivity contribution is 5.82. The molecule has 0 aliphatic carbocycles. The number of amides is 1. The van der Waals surface area contributed by atoms with E-state index in [1.807, 2.05) is 0 Å². The van der Waals surface area contributed by atoms with Crippen molar-refractivity contribution >= 4 is 5.91 Å². The van der Waals surface area contributed by atoms with E-state index in [0.717, 1.165) is 0 Å². The number of ether oxygens (including phenoxy) is 1.